The quantitative estimate of drug-likeness (QED) is 0.813. The molecule has 0 unspecified atom stereocenters. The minimum Gasteiger partial charge on any atom is -0.324 e. The number of aromatic nitrogens is 1. The summed E-state index contributed by atoms with van der Waals surface area (Å²) in [6.45, 7) is 1.87. The molecule has 2 amide bonds. The molecule has 1 atom stereocenters. The Morgan fingerprint density at radius 3 is 2.52 bits per heavy atom. The molecular weight excluding hydrogens is 314 g/mol. The minimum atomic E-state index is -0.257. The largest absolute Gasteiger partial charge is 0.324 e. The average molecular weight is 335 g/mol. The van der Waals surface area contributed by atoms with E-state index < -0.39 is 0 Å². The zero-order chi connectivity index (χ0) is 17.6. The molecule has 0 saturated heterocycles. The van der Waals surface area contributed by atoms with Crippen LogP contribution in [0.2, 0.25) is 0 Å². The summed E-state index contributed by atoms with van der Waals surface area (Å²) in [6.07, 6.45) is 8.26. The van der Waals surface area contributed by atoms with Crippen LogP contribution in [0.25, 0.3) is 0 Å². The number of aryl methyl sites for hydroxylation is 1. The third-order valence-corrected chi connectivity index (χ3v) is 4.18. The Labute approximate surface area is 147 Å². The summed E-state index contributed by atoms with van der Waals surface area (Å²) >= 11 is 0. The van der Waals surface area contributed by atoms with E-state index in [1.54, 1.807) is 24.3 Å². The maximum atomic E-state index is 12.4. The summed E-state index contributed by atoms with van der Waals surface area (Å²) in [4.78, 5) is 28.7. The van der Waals surface area contributed by atoms with Gasteiger partial charge < -0.3 is 10.6 Å². The standard InChI is InChI=1S/C20H21N3O2/c1-14-10-11-16(13-21-14)20(25)23-18-9-5-4-8-17(18)22-19(24)12-15-6-2-3-7-15/h2,4-6,8-11,13,15H,3,7,12H2,1H3,(H,22,24)(H,23,25)/t15-/m0/s1. The predicted octanol–water partition coefficient (Wildman–Crippen LogP) is 3.94. The average Bonchev–Trinajstić information content (AvgIpc) is 3.10. The fraction of sp³-hybridized carbons (Fsp3) is 0.250. The number of carbonyl (C=O) groups is 2. The van der Waals surface area contributed by atoms with E-state index in [1.807, 2.05) is 19.1 Å². The number of carbonyl (C=O) groups excluding carboxylic acids is 2. The van der Waals surface area contributed by atoms with Crippen LogP contribution >= 0.6 is 0 Å². The van der Waals surface area contributed by atoms with Gasteiger partial charge in [-0.25, -0.2) is 0 Å². The van der Waals surface area contributed by atoms with Gasteiger partial charge >= 0.3 is 0 Å². The van der Waals surface area contributed by atoms with Crippen LogP contribution in [0.1, 0.15) is 35.3 Å². The lowest BCUT2D eigenvalue weighted by Crippen LogP contribution is -2.18. The molecule has 1 heterocycles. The number of anilines is 2. The van der Waals surface area contributed by atoms with Crippen LogP contribution in [0, 0.1) is 12.8 Å². The number of rotatable bonds is 5. The summed E-state index contributed by atoms with van der Waals surface area (Å²) in [6, 6.07) is 10.7. The fourth-order valence-corrected chi connectivity index (χ4v) is 2.80. The van der Waals surface area contributed by atoms with Crippen molar-refractivity contribution in [3.63, 3.8) is 0 Å². The molecule has 1 aliphatic rings. The minimum absolute atomic E-state index is 0.0461. The lowest BCUT2D eigenvalue weighted by Gasteiger charge is -2.13. The third-order valence-electron chi connectivity index (χ3n) is 4.18. The van der Waals surface area contributed by atoms with E-state index in [4.69, 9.17) is 0 Å². The number of pyridine rings is 1. The summed E-state index contributed by atoms with van der Waals surface area (Å²) < 4.78 is 0. The van der Waals surface area contributed by atoms with Crippen molar-refractivity contribution < 1.29 is 9.59 Å². The molecule has 2 N–H and O–H groups in total. The van der Waals surface area contributed by atoms with Crippen LogP contribution < -0.4 is 10.6 Å². The van der Waals surface area contributed by atoms with Crippen molar-refractivity contribution in [3.8, 4) is 0 Å². The highest BCUT2D eigenvalue weighted by Gasteiger charge is 2.16. The van der Waals surface area contributed by atoms with Gasteiger partial charge in [0.1, 0.15) is 0 Å². The Hall–Kier alpha value is -2.95. The first kappa shape index (κ1) is 16.9. The van der Waals surface area contributed by atoms with E-state index in [9.17, 15) is 9.59 Å². The van der Waals surface area contributed by atoms with Crippen LogP contribution in [0.3, 0.4) is 0 Å². The van der Waals surface area contributed by atoms with Crippen molar-refractivity contribution in [3.05, 3.63) is 66.0 Å². The Balaban J connectivity index is 1.67. The van der Waals surface area contributed by atoms with Crippen molar-refractivity contribution in [2.45, 2.75) is 26.2 Å². The van der Waals surface area contributed by atoms with E-state index in [0.29, 0.717) is 29.3 Å². The van der Waals surface area contributed by atoms with Crippen LogP contribution in [0.4, 0.5) is 11.4 Å². The van der Waals surface area contributed by atoms with Crippen LogP contribution in [-0.4, -0.2) is 16.8 Å². The summed E-state index contributed by atoms with van der Waals surface area (Å²) in [5, 5.41) is 5.74. The molecule has 0 spiro atoms. The van der Waals surface area contributed by atoms with E-state index >= 15 is 0 Å². The van der Waals surface area contributed by atoms with E-state index in [1.165, 1.54) is 6.20 Å². The van der Waals surface area contributed by atoms with Gasteiger partial charge in [-0.15, -0.1) is 0 Å². The Morgan fingerprint density at radius 2 is 1.88 bits per heavy atom. The van der Waals surface area contributed by atoms with Gasteiger partial charge in [0.25, 0.3) is 5.91 Å². The number of nitrogens with zero attached hydrogens (tertiary/aromatic N) is 1. The first-order chi connectivity index (χ1) is 12.1. The summed E-state index contributed by atoms with van der Waals surface area (Å²) in [5.41, 5.74) is 2.50. The van der Waals surface area contributed by atoms with Gasteiger partial charge in [-0.1, -0.05) is 24.3 Å². The molecule has 0 saturated carbocycles. The second-order valence-electron chi connectivity index (χ2n) is 6.21. The second-order valence-corrected chi connectivity index (χ2v) is 6.21. The smallest absolute Gasteiger partial charge is 0.257 e. The van der Waals surface area contributed by atoms with Crippen molar-refractivity contribution in [1.82, 2.24) is 4.98 Å². The second kappa shape index (κ2) is 7.75. The molecule has 5 nitrogen and oxygen atoms in total. The highest BCUT2D eigenvalue weighted by atomic mass is 16.2. The monoisotopic (exact) mass is 335 g/mol. The third kappa shape index (κ3) is 4.53. The molecule has 1 aliphatic carbocycles. The Bertz CT molecular complexity index is 797. The number of allylic oxidation sites excluding steroid dienone is 2. The zero-order valence-electron chi connectivity index (χ0n) is 14.2. The van der Waals surface area contributed by atoms with Crippen molar-refractivity contribution in [1.29, 1.82) is 0 Å². The molecule has 0 fully saturated rings. The maximum Gasteiger partial charge on any atom is 0.257 e. The van der Waals surface area contributed by atoms with E-state index in [0.717, 1.165) is 18.5 Å². The molecule has 0 bridgehead atoms. The maximum absolute atomic E-state index is 12.4. The fourth-order valence-electron chi connectivity index (χ4n) is 2.80. The van der Waals surface area contributed by atoms with E-state index in [2.05, 4.69) is 27.8 Å². The number of benzene rings is 1. The zero-order valence-corrected chi connectivity index (χ0v) is 14.2. The number of hydrogen-bond donors (Lipinski definition) is 2. The van der Waals surface area contributed by atoms with Gasteiger partial charge in [0.15, 0.2) is 0 Å². The highest BCUT2D eigenvalue weighted by Crippen LogP contribution is 2.24. The number of para-hydroxylation sites is 2. The molecular formula is C20H21N3O2. The van der Waals surface area contributed by atoms with Gasteiger partial charge in [0, 0.05) is 18.3 Å². The summed E-state index contributed by atoms with van der Waals surface area (Å²) in [7, 11) is 0. The Morgan fingerprint density at radius 1 is 1.12 bits per heavy atom. The van der Waals surface area contributed by atoms with Crippen molar-refractivity contribution in [2.75, 3.05) is 10.6 Å². The predicted molar refractivity (Wildman–Crippen MR) is 98.5 cm³/mol. The first-order valence-electron chi connectivity index (χ1n) is 8.41. The molecule has 0 aliphatic heterocycles. The highest BCUT2D eigenvalue weighted by molar-refractivity contribution is 6.07. The normalized spacial score (nSPS) is 15.8. The molecule has 25 heavy (non-hydrogen) atoms. The molecule has 0 radical (unpaired) electrons. The van der Waals surface area contributed by atoms with Gasteiger partial charge in [-0.2, -0.15) is 0 Å². The van der Waals surface area contributed by atoms with Crippen molar-refractivity contribution in [2.24, 2.45) is 5.92 Å². The number of amides is 2. The molecule has 128 valence electrons. The van der Waals surface area contributed by atoms with Gasteiger partial charge in [-0.05, 0) is 49.9 Å². The lowest BCUT2D eigenvalue weighted by atomic mass is 10.0. The van der Waals surface area contributed by atoms with Crippen molar-refractivity contribution >= 4 is 23.2 Å². The molecule has 1 aromatic heterocycles. The molecule has 5 heteroatoms. The lowest BCUT2D eigenvalue weighted by molar-refractivity contribution is -0.116. The van der Waals surface area contributed by atoms with Gasteiger partial charge in [0.05, 0.1) is 16.9 Å². The first-order valence-corrected chi connectivity index (χ1v) is 8.41. The Kier molecular flexibility index (Phi) is 5.23. The SMILES string of the molecule is Cc1ccc(C(=O)Nc2ccccc2NC(=O)C[C@H]2C=CCC2)cn1. The van der Waals surface area contributed by atoms with Gasteiger partial charge in [-0.3, -0.25) is 14.6 Å². The van der Waals surface area contributed by atoms with E-state index in [-0.39, 0.29) is 11.8 Å². The molecule has 1 aromatic carbocycles. The van der Waals surface area contributed by atoms with Crippen LogP contribution in [0.5, 0.6) is 0 Å². The number of nitrogens with one attached hydrogen (secondary N) is 2. The molecule has 3 rings (SSSR count). The molecule has 2 aromatic rings. The van der Waals surface area contributed by atoms with Crippen LogP contribution in [0.15, 0.2) is 54.7 Å². The van der Waals surface area contributed by atoms with Crippen LogP contribution in [-0.2, 0) is 4.79 Å². The topological polar surface area (TPSA) is 71.1 Å². The van der Waals surface area contributed by atoms with Gasteiger partial charge in [0.2, 0.25) is 5.91 Å². The number of hydrogen-bond acceptors (Lipinski definition) is 3. The summed E-state index contributed by atoms with van der Waals surface area (Å²) in [5.74, 6) is 0.00330.